The molecule has 1 fully saturated rings. The summed E-state index contributed by atoms with van der Waals surface area (Å²) >= 11 is 0. The maximum absolute atomic E-state index is 5.41. The van der Waals surface area contributed by atoms with E-state index in [1.165, 1.54) is 27.1 Å². The van der Waals surface area contributed by atoms with Crippen LogP contribution in [0.15, 0.2) is 54.6 Å². The highest BCUT2D eigenvalue weighted by molar-refractivity contribution is 5.99. The molecule has 0 amide bonds. The van der Waals surface area contributed by atoms with Crippen LogP contribution in [0.1, 0.15) is 11.7 Å². The highest BCUT2D eigenvalue weighted by atomic mass is 16.6. The van der Waals surface area contributed by atoms with Crippen molar-refractivity contribution in [3.8, 4) is 0 Å². The first-order chi connectivity index (χ1) is 8.42. The van der Waals surface area contributed by atoms with E-state index in [2.05, 4.69) is 54.6 Å². The first-order valence-electron chi connectivity index (χ1n) is 5.95. The third-order valence-electron chi connectivity index (χ3n) is 3.46. The highest BCUT2D eigenvalue weighted by Crippen LogP contribution is 2.36. The van der Waals surface area contributed by atoms with Crippen molar-refractivity contribution in [2.24, 2.45) is 0 Å². The van der Waals surface area contributed by atoms with E-state index in [4.69, 9.17) is 4.74 Å². The van der Waals surface area contributed by atoms with Crippen molar-refractivity contribution in [3.05, 3.63) is 60.2 Å². The minimum absolute atomic E-state index is 0.319. The number of epoxide rings is 1. The Kier molecular flexibility index (Phi) is 1.79. The van der Waals surface area contributed by atoms with E-state index in [9.17, 15) is 0 Å². The van der Waals surface area contributed by atoms with Crippen LogP contribution in [0.2, 0.25) is 0 Å². The predicted molar refractivity (Wildman–Crippen MR) is 70.1 cm³/mol. The molecular weight excluding hydrogens is 208 g/mol. The quantitative estimate of drug-likeness (QED) is 0.445. The summed E-state index contributed by atoms with van der Waals surface area (Å²) in [5.74, 6) is 0. The molecule has 0 aliphatic carbocycles. The number of rotatable bonds is 1. The molecule has 0 bridgehead atoms. The fourth-order valence-corrected chi connectivity index (χ4v) is 2.50. The van der Waals surface area contributed by atoms with Gasteiger partial charge in [-0.05, 0) is 39.2 Å². The second-order valence-corrected chi connectivity index (χ2v) is 4.59. The Morgan fingerprint density at radius 2 is 1.53 bits per heavy atom. The zero-order valence-electron chi connectivity index (χ0n) is 9.39. The van der Waals surface area contributed by atoms with Gasteiger partial charge in [0.15, 0.2) is 0 Å². The summed E-state index contributed by atoms with van der Waals surface area (Å²) in [6.07, 6.45) is 0.319. The molecule has 1 heterocycles. The van der Waals surface area contributed by atoms with Gasteiger partial charge in [0.25, 0.3) is 0 Å². The summed E-state index contributed by atoms with van der Waals surface area (Å²) in [6.45, 7) is 0.867. The van der Waals surface area contributed by atoms with Gasteiger partial charge in [-0.3, -0.25) is 0 Å². The molecule has 0 spiro atoms. The lowest BCUT2D eigenvalue weighted by Crippen LogP contribution is -1.84. The van der Waals surface area contributed by atoms with Crippen LogP contribution < -0.4 is 0 Å². The molecule has 0 aromatic heterocycles. The number of hydrogen-bond acceptors (Lipinski definition) is 1. The van der Waals surface area contributed by atoms with Crippen molar-refractivity contribution in [3.63, 3.8) is 0 Å². The van der Waals surface area contributed by atoms with Gasteiger partial charge in [-0.1, -0.05) is 42.5 Å². The van der Waals surface area contributed by atoms with Crippen LogP contribution in [-0.4, -0.2) is 6.61 Å². The van der Waals surface area contributed by atoms with Crippen molar-refractivity contribution in [2.45, 2.75) is 6.10 Å². The summed E-state index contributed by atoms with van der Waals surface area (Å²) in [4.78, 5) is 0. The van der Waals surface area contributed by atoms with Gasteiger partial charge in [-0.2, -0.15) is 0 Å². The molecule has 82 valence electrons. The van der Waals surface area contributed by atoms with Crippen molar-refractivity contribution in [1.82, 2.24) is 0 Å². The first kappa shape index (κ1) is 9.20. The smallest absolute Gasteiger partial charge is 0.107 e. The molecule has 0 saturated carbocycles. The highest BCUT2D eigenvalue weighted by Gasteiger charge is 2.26. The van der Waals surface area contributed by atoms with Crippen LogP contribution in [0.4, 0.5) is 0 Å². The van der Waals surface area contributed by atoms with Gasteiger partial charge < -0.3 is 4.74 Å². The molecule has 1 nitrogen and oxygen atoms in total. The SMILES string of the molecule is c1ccc2cc3c(C4CO4)cccc3cc2c1. The van der Waals surface area contributed by atoms with Crippen molar-refractivity contribution in [1.29, 1.82) is 0 Å². The Hall–Kier alpha value is -1.86. The number of fused-ring (bicyclic) bond motifs is 2. The molecule has 0 radical (unpaired) electrons. The Labute approximate surface area is 99.6 Å². The Morgan fingerprint density at radius 1 is 0.824 bits per heavy atom. The standard InChI is InChI=1S/C16H12O/c1-2-5-12-9-15-13(8-11(12)4-1)6-3-7-14(15)16-10-17-16/h1-9,16H,10H2. The average Bonchev–Trinajstić information content (AvgIpc) is 3.20. The lowest BCUT2D eigenvalue weighted by Gasteiger charge is -2.06. The van der Waals surface area contributed by atoms with Gasteiger partial charge in [-0.25, -0.2) is 0 Å². The van der Waals surface area contributed by atoms with Crippen LogP contribution >= 0.6 is 0 Å². The van der Waals surface area contributed by atoms with Crippen LogP contribution in [-0.2, 0) is 4.74 Å². The van der Waals surface area contributed by atoms with Crippen molar-refractivity contribution < 1.29 is 4.74 Å². The molecule has 3 aromatic carbocycles. The monoisotopic (exact) mass is 220 g/mol. The van der Waals surface area contributed by atoms with Gasteiger partial charge in [0.05, 0.1) is 6.61 Å². The van der Waals surface area contributed by atoms with Gasteiger partial charge in [-0.15, -0.1) is 0 Å². The lowest BCUT2D eigenvalue weighted by atomic mass is 9.98. The molecule has 17 heavy (non-hydrogen) atoms. The minimum Gasteiger partial charge on any atom is -0.368 e. The molecule has 0 N–H and O–H groups in total. The van der Waals surface area contributed by atoms with Crippen molar-refractivity contribution in [2.75, 3.05) is 6.61 Å². The molecular formula is C16H12O. The summed E-state index contributed by atoms with van der Waals surface area (Å²) in [6, 6.07) is 19.5. The van der Waals surface area contributed by atoms with E-state index >= 15 is 0 Å². The van der Waals surface area contributed by atoms with Crippen LogP contribution in [0.25, 0.3) is 21.5 Å². The molecule has 3 aromatic rings. The normalized spacial score (nSPS) is 18.7. The summed E-state index contributed by atoms with van der Waals surface area (Å²) < 4.78 is 5.41. The zero-order valence-corrected chi connectivity index (χ0v) is 9.39. The summed E-state index contributed by atoms with van der Waals surface area (Å²) in [5, 5.41) is 5.23. The fraction of sp³-hybridized carbons (Fsp3) is 0.125. The van der Waals surface area contributed by atoms with Gasteiger partial charge in [0.1, 0.15) is 6.10 Å². The number of benzene rings is 3. The maximum Gasteiger partial charge on any atom is 0.107 e. The number of ether oxygens (including phenoxy) is 1. The summed E-state index contributed by atoms with van der Waals surface area (Å²) in [7, 11) is 0. The molecule has 1 heteroatoms. The molecule has 1 aliphatic rings. The van der Waals surface area contributed by atoms with E-state index in [1.54, 1.807) is 0 Å². The average molecular weight is 220 g/mol. The Morgan fingerprint density at radius 3 is 2.29 bits per heavy atom. The molecule has 1 saturated heterocycles. The third kappa shape index (κ3) is 1.43. The van der Waals surface area contributed by atoms with Crippen LogP contribution in [0.5, 0.6) is 0 Å². The van der Waals surface area contributed by atoms with Gasteiger partial charge in [0, 0.05) is 0 Å². The first-order valence-corrected chi connectivity index (χ1v) is 5.95. The number of hydrogen-bond donors (Lipinski definition) is 0. The van der Waals surface area contributed by atoms with Crippen LogP contribution in [0.3, 0.4) is 0 Å². The van der Waals surface area contributed by atoms with Gasteiger partial charge >= 0.3 is 0 Å². The van der Waals surface area contributed by atoms with Gasteiger partial charge in [0.2, 0.25) is 0 Å². The van der Waals surface area contributed by atoms with E-state index in [0.29, 0.717) is 6.10 Å². The Balaban J connectivity index is 2.12. The second kappa shape index (κ2) is 3.31. The van der Waals surface area contributed by atoms with Crippen LogP contribution in [0, 0.1) is 0 Å². The van der Waals surface area contributed by atoms with Crippen molar-refractivity contribution >= 4 is 21.5 Å². The molecule has 1 atom stereocenters. The predicted octanol–water partition coefficient (Wildman–Crippen LogP) is 4.06. The molecule has 1 aliphatic heterocycles. The third-order valence-corrected chi connectivity index (χ3v) is 3.46. The van der Waals surface area contributed by atoms with E-state index in [0.717, 1.165) is 6.61 Å². The second-order valence-electron chi connectivity index (χ2n) is 4.59. The molecule has 1 unspecified atom stereocenters. The fourth-order valence-electron chi connectivity index (χ4n) is 2.50. The van der Waals surface area contributed by atoms with E-state index in [1.807, 2.05) is 0 Å². The summed E-state index contributed by atoms with van der Waals surface area (Å²) in [5.41, 5.74) is 1.33. The zero-order chi connectivity index (χ0) is 11.2. The van der Waals surface area contributed by atoms with E-state index < -0.39 is 0 Å². The molecule has 4 rings (SSSR count). The minimum atomic E-state index is 0.319. The topological polar surface area (TPSA) is 12.5 Å². The largest absolute Gasteiger partial charge is 0.368 e. The maximum atomic E-state index is 5.41. The lowest BCUT2D eigenvalue weighted by molar-refractivity contribution is 0.417. The van der Waals surface area contributed by atoms with E-state index in [-0.39, 0.29) is 0 Å². The Bertz CT molecular complexity index is 711.